The van der Waals surface area contributed by atoms with E-state index >= 15 is 0 Å². The second kappa shape index (κ2) is 5.42. The van der Waals surface area contributed by atoms with Gasteiger partial charge in [0.05, 0.1) is 5.69 Å². The van der Waals surface area contributed by atoms with Crippen LogP contribution in [-0.4, -0.2) is 22.8 Å². The molecule has 0 radical (unpaired) electrons. The second-order valence-electron chi connectivity index (χ2n) is 4.96. The Morgan fingerprint density at radius 3 is 2.52 bits per heavy atom. The number of hydrogen-bond donors (Lipinski definition) is 1. The third-order valence-electron chi connectivity index (χ3n) is 3.25. The number of carbonyl (C=O) groups excluding carboxylic acids is 2. The van der Waals surface area contributed by atoms with E-state index < -0.39 is 39.9 Å². The number of carbonyl (C=O) groups is 2. The Bertz CT molecular complexity index is 609. The molecule has 0 heterocycles. The molecule has 1 atom stereocenters. The van der Waals surface area contributed by atoms with Crippen molar-refractivity contribution < 1.29 is 23.1 Å². The van der Waals surface area contributed by atoms with E-state index in [0.717, 1.165) is 12.1 Å². The summed E-state index contributed by atoms with van der Waals surface area (Å²) >= 11 is 11.6. The minimum absolute atomic E-state index is 0.209. The standard InChI is InChI=1S/C13H11Cl2F2NO3/c1-12(6-13(12,14)15)11(20)21-5-10(19)18-9-3-2-7(16)4-8(9)17/h2-4H,5-6H2,1H3,(H,18,19). The molecule has 4 nitrogen and oxygen atoms in total. The first kappa shape index (κ1) is 16.0. The summed E-state index contributed by atoms with van der Waals surface area (Å²) < 4.78 is 29.6. The highest BCUT2D eigenvalue weighted by Gasteiger charge is 2.69. The third kappa shape index (κ3) is 3.27. The van der Waals surface area contributed by atoms with E-state index in [-0.39, 0.29) is 12.1 Å². The van der Waals surface area contributed by atoms with Crippen molar-refractivity contribution >= 4 is 40.8 Å². The van der Waals surface area contributed by atoms with E-state index in [0.29, 0.717) is 6.07 Å². The Hall–Kier alpha value is -1.40. The number of esters is 1. The van der Waals surface area contributed by atoms with Crippen LogP contribution >= 0.6 is 23.2 Å². The fourth-order valence-corrected chi connectivity index (χ4v) is 2.38. The topological polar surface area (TPSA) is 55.4 Å². The molecule has 0 aromatic heterocycles. The predicted octanol–water partition coefficient (Wildman–Crippen LogP) is 3.03. The number of amides is 1. The molecule has 1 fully saturated rings. The van der Waals surface area contributed by atoms with Crippen molar-refractivity contribution in [1.29, 1.82) is 0 Å². The highest BCUT2D eigenvalue weighted by atomic mass is 35.5. The Labute approximate surface area is 129 Å². The molecule has 8 heteroatoms. The number of rotatable bonds is 4. The van der Waals surface area contributed by atoms with Crippen molar-refractivity contribution in [3.8, 4) is 0 Å². The summed E-state index contributed by atoms with van der Waals surface area (Å²) in [5.74, 6) is -3.15. The molecule has 114 valence electrons. The molecule has 2 rings (SSSR count). The van der Waals surface area contributed by atoms with Crippen LogP contribution in [0.1, 0.15) is 13.3 Å². The summed E-state index contributed by atoms with van der Waals surface area (Å²) in [7, 11) is 0. The lowest BCUT2D eigenvalue weighted by molar-refractivity contribution is -0.152. The van der Waals surface area contributed by atoms with Crippen molar-refractivity contribution in [2.75, 3.05) is 11.9 Å². The van der Waals surface area contributed by atoms with Crippen molar-refractivity contribution in [1.82, 2.24) is 0 Å². The van der Waals surface area contributed by atoms with Gasteiger partial charge in [-0.15, -0.1) is 23.2 Å². The van der Waals surface area contributed by atoms with E-state index in [1.54, 1.807) is 0 Å². The van der Waals surface area contributed by atoms with Gasteiger partial charge in [0.1, 0.15) is 21.4 Å². The Morgan fingerprint density at radius 2 is 2.00 bits per heavy atom. The molecule has 1 amide bonds. The molecule has 0 spiro atoms. The zero-order chi connectivity index (χ0) is 15.8. The third-order valence-corrected chi connectivity index (χ3v) is 4.35. The minimum Gasteiger partial charge on any atom is -0.455 e. The van der Waals surface area contributed by atoms with Gasteiger partial charge in [0, 0.05) is 12.5 Å². The van der Waals surface area contributed by atoms with Gasteiger partial charge >= 0.3 is 5.97 Å². The molecule has 1 saturated carbocycles. The fourth-order valence-electron chi connectivity index (χ4n) is 1.69. The predicted molar refractivity (Wildman–Crippen MR) is 73.1 cm³/mol. The second-order valence-corrected chi connectivity index (χ2v) is 6.45. The van der Waals surface area contributed by atoms with Crippen LogP contribution in [-0.2, 0) is 14.3 Å². The minimum atomic E-state index is -1.19. The SMILES string of the molecule is CC1(C(=O)OCC(=O)Nc2ccc(F)cc2F)CC1(Cl)Cl. The van der Waals surface area contributed by atoms with E-state index in [2.05, 4.69) is 5.32 Å². The molecule has 0 bridgehead atoms. The molecule has 1 aromatic carbocycles. The first-order chi connectivity index (χ1) is 9.65. The van der Waals surface area contributed by atoms with Crippen molar-refractivity contribution in [3.63, 3.8) is 0 Å². The number of benzene rings is 1. The van der Waals surface area contributed by atoms with E-state index in [1.165, 1.54) is 6.92 Å². The normalized spacial score (nSPS) is 22.5. The summed E-state index contributed by atoms with van der Waals surface area (Å²) in [5, 5.41) is 2.16. The molecule has 1 aliphatic rings. The van der Waals surface area contributed by atoms with Gasteiger partial charge < -0.3 is 10.1 Å². The van der Waals surface area contributed by atoms with E-state index in [9.17, 15) is 18.4 Å². The number of nitrogens with one attached hydrogen (secondary N) is 1. The largest absolute Gasteiger partial charge is 0.455 e. The number of halogens is 4. The number of hydrogen-bond acceptors (Lipinski definition) is 3. The van der Waals surface area contributed by atoms with Crippen LogP contribution in [0.4, 0.5) is 14.5 Å². The average molecular weight is 338 g/mol. The van der Waals surface area contributed by atoms with Crippen LogP contribution in [0.25, 0.3) is 0 Å². The molecular weight excluding hydrogens is 327 g/mol. The maximum atomic E-state index is 13.3. The molecule has 1 unspecified atom stereocenters. The maximum Gasteiger partial charge on any atom is 0.315 e. The average Bonchev–Trinajstić information content (AvgIpc) is 2.90. The summed E-state index contributed by atoms with van der Waals surface area (Å²) in [6.45, 7) is 0.905. The number of anilines is 1. The fraction of sp³-hybridized carbons (Fsp3) is 0.385. The van der Waals surface area contributed by atoms with Crippen LogP contribution in [0.3, 0.4) is 0 Å². The first-order valence-corrected chi connectivity index (χ1v) is 6.71. The monoisotopic (exact) mass is 337 g/mol. The molecule has 1 aliphatic carbocycles. The Balaban J connectivity index is 1.87. The Kier molecular flexibility index (Phi) is 4.13. The zero-order valence-electron chi connectivity index (χ0n) is 10.9. The van der Waals surface area contributed by atoms with Gasteiger partial charge in [-0.3, -0.25) is 9.59 Å². The molecule has 1 N–H and O–H groups in total. The van der Waals surface area contributed by atoms with Crippen LogP contribution < -0.4 is 5.32 Å². The van der Waals surface area contributed by atoms with Crippen LogP contribution in [0.2, 0.25) is 0 Å². The van der Waals surface area contributed by atoms with Gasteiger partial charge in [0.25, 0.3) is 5.91 Å². The lowest BCUT2D eigenvalue weighted by Crippen LogP contribution is -2.27. The van der Waals surface area contributed by atoms with Crippen LogP contribution in [0.15, 0.2) is 18.2 Å². The maximum absolute atomic E-state index is 13.3. The van der Waals surface area contributed by atoms with Crippen LogP contribution in [0.5, 0.6) is 0 Å². The van der Waals surface area contributed by atoms with Crippen molar-refractivity contribution in [2.24, 2.45) is 5.41 Å². The Morgan fingerprint density at radius 1 is 1.38 bits per heavy atom. The quantitative estimate of drug-likeness (QED) is 0.678. The molecule has 1 aromatic rings. The zero-order valence-corrected chi connectivity index (χ0v) is 12.4. The van der Waals surface area contributed by atoms with Gasteiger partial charge in [-0.25, -0.2) is 8.78 Å². The van der Waals surface area contributed by atoms with Gasteiger partial charge in [-0.05, 0) is 19.1 Å². The first-order valence-electron chi connectivity index (χ1n) is 5.96. The van der Waals surface area contributed by atoms with Gasteiger partial charge in [-0.1, -0.05) is 0 Å². The summed E-state index contributed by atoms with van der Waals surface area (Å²) in [4.78, 5) is 23.3. The molecular formula is C13H11Cl2F2NO3. The summed E-state index contributed by atoms with van der Waals surface area (Å²) in [6.07, 6.45) is 0.232. The smallest absolute Gasteiger partial charge is 0.315 e. The molecule has 21 heavy (non-hydrogen) atoms. The van der Waals surface area contributed by atoms with E-state index in [4.69, 9.17) is 27.9 Å². The van der Waals surface area contributed by atoms with Gasteiger partial charge in [0.2, 0.25) is 0 Å². The lowest BCUT2D eigenvalue weighted by Gasteiger charge is -2.12. The van der Waals surface area contributed by atoms with Crippen molar-refractivity contribution in [2.45, 2.75) is 17.7 Å². The van der Waals surface area contributed by atoms with Gasteiger partial charge in [-0.2, -0.15) is 0 Å². The van der Waals surface area contributed by atoms with E-state index in [1.807, 2.05) is 0 Å². The lowest BCUT2D eigenvalue weighted by atomic mass is 10.1. The molecule has 0 saturated heterocycles. The summed E-state index contributed by atoms with van der Waals surface area (Å²) in [5.41, 5.74) is -1.25. The molecule has 0 aliphatic heterocycles. The highest BCUT2D eigenvalue weighted by molar-refractivity contribution is 6.53. The number of alkyl halides is 2. The van der Waals surface area contributed by atoms with Crippen molar-refractivity contribution in [3.05, 3.63) is 29.8 Å². The van der Waals surface area contributed by atoms with Crippen LogP contribution in [0, 0.1) is 17.0 Å². The summed E-state index contributed by atoms with van der Waals surface area (Å²) in [6, 6.07) is 2.68. The number of ether oxygens (including phenoxy) is 1. The highest BCUT2D eigenvalue weighted by Crippen LogP contribution is 2.64. The van der Waals surface area contributed by atoms with Gasteiger partial charge in [0.15, 0.2) is 6.61 Å².